The minimum absolute atomic E-state index is 0.137. The van der Waals surface area contributed by atoms with Crippen LogP contribution in [-0.2, 0) is 4.79 Å². The number of anilines is 1. The molecule has 1 atom stereocenters. The van der Waals surface area contributed by atoms with Crippen LogP contribution in [0.25, 0.3) is 28.0 Å². The zero-order valence-electron chi connectivity index (χ0n) is 30.4. The zero-order chi connectivity index (χ0) is 40.3. The molecule has 0 saturated carbocycles. The molecule has 0 bridgehead atoms. The lowest BCUT2D eigenvalue weighted by Crippen LogP contribution is -2.31. The summed E-state index contributed by atoms with van der Waals surface area (Å²) in [7, 11) is 0. The van der Waals surface area contributed by atoms with Gasteiger partial charge in [0.2, 0.25) is 0 Å². The van der Waals surface area contributed by atoms with Crippen LogP contribution in [0.15, 0.2) is 171 Å². The van der Waals surface area contributed by atoms with Gasteiger partial charge in [-0.15, -0.1) is 0 Å². The van der Waals surface area contributed by atoms with Crippen molar-refractivity contribution in [3.05, 3.63) is 188 Å². The highest BCUT2D eigenvalue weighted by Gasteiger charge is 2.41. The number of non-ortho nitro benzene ring substituents is 1. The third kappa shape index (κ3) is 7.11. The third-order valence-electron chi connectivity index (χ3n) is 9.25. The second-order valence-corrected chi connectivity index (χ2v) is 12.9. The van der Waals surface area contributed by atoms with E-state index < -0.39 is 33.2 Å². The number of para-hydroxylation sites is 1. The number of pyridine rings is 1. The summed E-state index contributed by atoms with van der Waals surface area (Å²) in [6.45, 7) is 1.86. The van der Waals surface area contributed by atoms with Crippen LogP contribution in [0, 0.1) is 20.2 Å². The Morgan fingerprint density at radius 2 is 1.47 bits per heavy atom. The van der Waals surface area contributed by atoms with Gasteiger partial charge in [-0.2, -0.15) is 20.3 Å². The van der Waals surface area contributed by atoms with Gasteiger partial charge in [-0.3, -0.25) is 44.4 Å². The summed E-state index contributed by atoms with van der Waals surface area (Å²) in [6, 6.07) is 36.0. The number of nitro groups is 2. The highest BCUT2D eigenvalue weighted by molar-refractivity contribution is 6.25. The van der Waals surface area contributed by atoms with Crippen LogP contribution >= 0.6 is 0 Å². The van der Waals surface area contributed by atoms with Crippen molar-refractivity contribution in [1.29, 1.82) is 0 Å². The predicted octanol–water partition coefficient (Wildman–Crippen LogP) is 8.31. The molecule has 0 aliphatic carbocycles. The fraction of sp³-hybridized carbons (Fsp3) is 0.0476. The number of amides is 1. The van der Waals surface area contributed by atoms with E-state index in [0.29, 0.717) is 45.1 Å². The fourth-order valence-corrected chi connectivity index (χ4v) is 6.38. The summed E-state index contributed by atoms with van der Waals surface area (Å²) >= 11 is 0. The van der Waals surface area contributed by atoms with Gasteiger partial charge in [-0.25, -0.2) is 4.98 Å². The first-order chi connectivity index (χ1) is 28.2. The molecule has 0 saturated heterocycles. The normalized spacial score (nSPS) is 14.3. The molecule has 16 heteroatoms. The molecule has 2 aromatic heterocycles. The molecule has 3 heterocycles. The van der Waals surface area contributed by atoms with Gasteiger partial charge in [0.15, 0.2) is 6.04 Å². The number of rotatable bonds is 10. The summed E-state index contributed by atoms with van der Waals surface area (Å²) in [4.78, 5) is 62.8. The lowest BCUT2D eigenvalue weighted by Gasteiger charge is -2.14. The quantitative estimate of drug-likeness (QED) is 0.0571. The van der Waals surface area contributed by atoms with Crippen molar-refractivity contribution >= 4 is 56.7 Å². The Hall–Kier alpha value is -8.40. The Balaban J connectivity index is 1.04. The van der Waals surface area contributed by atoms with Crippen molar-refractivity contribution in [2.45, 2.75) is 13.0 Å². The number of aromatic nitrogens is 3. The number of fused-ring (bicyclic) bond motifs is 1. The lowest BCUT2D eigenvalue weighted by atomic mass is 10.1. The smallest absolute Gasteiger partial charge is 0.269 e. The molecule has 1 unspecified atom stereocenters. The molecule has 8 rings (SSSR count). The molecular formula is C42H28N10O6. The van der Waals surface area contributed by atoms with Crippen LogP contribution < -0.4 is 10.6 Å². The van der Waals surface area contributed by atoms with Gasteiger partial charge in [0.05, 0.1) is 43.9 Å². The number of nitro benzene ring substituents is 2. The van der Waals surface area contributed by atoms with Gasteiger partial charge >= 0.3 is 5.69 Å². The Kier molecular flexibility index (Phi) is 9.70. The Morgan fingerprint density at radius 1 is 0.759 bits per heavy atom. The van der Waals surface area contributed by atoms with Crippen LogP contribution in [0.1, 0.15) is 18.1 Å². The van der Waals surface area contributed by atoms with E-state index >= 15 is 0 Å². The van der Waals surface area contributed by atoms with Gasteiger partial charge in [0.1, 0.15) is 17.2 Å². The van der Waals surface area contributed by atoms with Gasteiger partial charge in [0.25, 0.3) is 17.2 Å². The average Bonchev–Trinajstić information content (AvgIpc) is 3.58. The molecule has 7 aromatic rings. The van der Waals surface area contributed by atoms with E-state index in [2.05, 4.69) is 20.3 Å². The number of benzene rings is 5. The van der Waals surface area contributed by atoms with Crippen molar-refractivity contribution in [3.63, 3.8) is 0 Å². The summed E-state index contributed by atoms with van der Waals surface area (Å²) in [6.07, 6.45) is 3.00. The van der Waals surface area contributed by atoms with E-state index in [-0.39, 0.29) is 17.0 Å². The highest BCUT2D eigenvalue weighted by atomic mass is 16.6. The number of aliphatic imine (C=N–C) groups is 1. The SMILES string of the molecule is CC(=Nc1ccc(-n2c(-c3ccccc3)nc3ccccc3c2=O)cc1)c1ccc(N=NC2C(=O)N(c3ccc([N+](=O)[O-])cc3[N+](=O)[O-])N=C2c2cccnc2)cc1. The van der Waals surface area contributed by atoms with Crippen molar-refractivity contribution in [3.8, 4) is 17.1 Å². The number of hydrogen-bond donors (Lipinski definition) is 0. The van der Waals surface area contributed by atoms with E-state index in [1.165, 1.54) is 12.4 Å². The standard InChI is InChI=1S/C42H28N10O6/c1-26(44-30-17-19-32(20-18-30)49-40(28-8-3-2-4-9-28)45-35-12-6-5-11-34(35)41(49)53)27-13-15-31(16-14-27)46-47-39-38(29-10-7-23-43-25-29)48-50(42(39)54)36-22-21-33(51(55)56)24-37(36)52(57)58/h2-25,39H,1H3. The fourth-order valence-electron chi connectivity index (χ4n) is 6.38. The minimum Gasteiger partial charge on any atom is -0.269 e. The maximum atomic E-state index is 13.8. The van der Waals surface area contributed by atoms with Crippen LogP contribution in [0.2, 0.25) is 0 Å². The largest absolute Gasteiger partial charge is 0.301 e. The summed E-state index contributed by atoms with van der Waals surface area (Å²) in [5.41, 5.74) is 3.55. The molecule has 282 valence electrons. The Morgan fingerprint density at radius 3 is 2.17 bits per heavy atom. The monoisotopic (exact) mass is 768 g/mol. The summed E-state index contributed by atoms with van der Waals surface area (Å²) < 4.78 is 1.60. The molecule has 0 radical (unpaired) electrons. The zero-order valence-corrected chi connectivity index (χ0v) is 30.4. The first-order valence-electron chi connectivity index (χ1n) is 17.7. The third-order valence-corrected chi connectivity index (χ3v) is 9.25. The molecule has 1 amide bonds. The van der Waals surface area contributed by atoms with Gasteiger partial charge < -0.3 is 0 Å². The minimum atomic E-state index is -1.30. The lowest BCUT2D eigenvalue weighted by molar-refractivity contribution is -0.393. The molecule has 16 nitrogen and oxygen atoms in total. The van der Waals surface area contributed by atoms with Crippen molar-refractivity contribution < 1.29 is 14.6 Å². The second kappa shape index (κ2) is 15.4. The molecule has 0 N–H and O–H groups in total. The molecule has 5 aromatic carbocycles. The average molecular weight is 769 g/mol. The van der Waals surface area contributed by atoms with Crippen LogP contribution in [0.4, 0.5) is 28.4 Å². The number of carbonyl (C=O) groups is 1. The molecule has 0 fully saturated rings. The van der Waals surface area contributed by atoms with E-state index in [0.717, 1.165) is 34.3 Å². The number of hydrazone groups is 1. The Labute approximate surface area is 328 Å². The van der Waals surface area contributed by atoms with Crippen LogP contribution in [0.3, 0.4) is 0 Å². The van der Waals surface area contributed by atoms with Gasteiger partial charge in [0, 0.05) is 35.3 Å². The van der Waals surface area contributed by atoms with Crippen molar-refractivity contribution in [2.24, 2.45) is 20.3 Å². The molecular weight excluding hydrogens is 741 g/mol. The van der Waals surface area contributed by atoms with Crippen LogP contribution in [0.5, 0.6) is 0 Å². The van der Waals surface area contributed by atoms with E-state index in [1.807, 2.05) is 79.7 Å². The maximum Gasteiger partial charge on any atom is 0.301 e. The second-order valence-electron chi connectivity index (χ2n) is 12.9. The molecule has 0 spiro atoms. The Bertz CT molecular complexity index is 2900. The van der Waals surface area contributed by atoms with Gasteiger partial charge in [-0.1, -0.05) is 54.6 Å². The predicted molar refractivity (Wildman–Crippen MR) is 217 cm³/mol. The van der Waals surface area contributed by atoms with Gasteiger partial charge in [-0.05, 0) is 79.2 Å². The number of azo groups is 1. The number of nitrogens with zero attached hydrogens (tertiary/aromatic N) is 10. The van der Waals surface area contributed by atoms with Crippen LogP contribution in [-0.4, -0.2) is 47.8 Å². The van der Waals surface area contributed by atoms with Crippen molar-refractivity contribution in [1.82, 2.24) is 14.5 Å². The van der Waals surface area contributed by atoms with E-state index in [9.17, 15) is 29.8 Å². The molecule has 1 aliphatic rings. The van der Waals surface area contributed by atoms with Crippen molar-refractivity contribution in [2.75, 3.05) is 5.01 Å². The van der Waals surface area contributed by atoms with E-state index in [1.54, 1.807) is 47.0 Å². The summed E-state index contributed by atoms with van der Waals surface area (Å²) in [5.74, 6) is -0.221. The molecule has 58 heavy (non-hydrogen) atoms. The molecule has 1 aliphatic heterocycles. The summed E-state index contributed by atoms with van der Waals surface area (Å²) in [5, 5.41) is 37.4. The maximum absolute atomic E-state index is 13.8. The number of hydrogen-bond acceptors (Lipinski definition) is 12. The first-order valence-corrected chi connectivity index (χ1v) is 17.7. The highest BCUT2D eigenvalue weighted by Crippen LogP contribution is 2.36. The topological polar surface area (TPSA) is 204 Å². The number of carbonyl (C=O) groups excluding carboxylic acids is 1. The van der Waals surface area contributed by atoms with E-state index in [4.69, 9.17) is 9.98 Å². The first kappa shape index (κ1) is 36.6.